The van der Waals surface area contributed by atoms with Crippen LogP contribution in [0.15, 0.2) is 51.0 Å². The monoisotopic (exact) mass is 344 g/mol. The van der Waals surface area contributed by atoms with Crippen LogP contribution in [-0.2, 0) is 4.74 Å². The largest absolute Gasteiger partial charge is 0.460 e. The molecular weight excluding hydrogens is 332 g/mol. The van der Waals surface area contributed by atoms with Gasteiger partial charge in [-0.25, -0.2) is 9.59 Å². The molecule has 0 bridgehead atoms. The third-order valence-electron chi connectivity index (χ3n) is 3.11. The lowest BCUT2D eigenvalue weighted by molar-refractivity contribution is 0.0490. The molecule has 0 atom stereocenters. The number of ether oxygens (including phenoxy) is 2. The lowest BCUT2D eigenvalue weighted by Gasteiger charge is -2.05. The third kappa shape index (κ3) is 3.21. The van der Waals surface area contributed by atoms with Gasteiger partial charge in [0.1, 0.15) is 16.2 Å². The Hall–Kier alpha value is -2.93. The minimum atomic E-state index is -0.725. The summed E-state index contributed by atoms with van der Waals surface area (Å²) in [6.45, 7) is 1.82. The highest BCUT2D eigenvalue weighted by Gasteiger charge is 2.15. The average Bonchev–Trinajstić information content (AvgIpc) is 3.09. The molecule has 6 nitrogen and oxygen atoms in total. The Labute approximate surface area is 140 Å². The second kappa shape index (κ2) is 6.67. The number of esters is 2. The van der Waals surface area contributed by atoms with Crippen LogP contribution in [0.3, 0.4) is 0 Å². The standard InChI is InChI=1S/C17H12O6S/c1-2-21-16(19)14-9-12(18)11-6-5-10(8-13(11)23-14)22-17(20)15-4-3-7-24-15/h3-9H,2H2,1H3. The number of rotatable bonds is 4. The SMILES string of the molecule is CCOC(=O)c1cc(=O)c2ccc(OC(=O)c3cccs3)cc2o1. The van der Waals surface area contributed by atoms with Gasteiger partial charge in [-0.15, -0.1) is 11.3 Å². The van der Waals surface area contributed by atoms with E-state index in [1.165, 1.54) is 29.5 Å². The smallest absolute Gasteiger partial charge is 0.374 e. The summed E-state index contributed by atoms with van der Waals surface area (Å²) in [6.07, 6.45) is 0. The number of hydrogen-bond donors (Lipinski definition) is 0. The van der Waals surface area contributed by atoms with Crippen LogP contribution in [0.25, 0.3) is 11.0 Å². The quantitative estimate of drug-likeness (QED) is 0.534. The van der Waals surface area contributed by atoms with E-state index in [0.717, 1.165) is 6.07 Å². The van der Waals surface area contributed by atoms with Gasteiger partial charge in [-0.2, -0.15) is 0 Å². The Morgan fingerprint density at radius 3 is 2.71 bits per heavy atom. The van der Waals surface area contributed by atoms with Crippen molar-refractivity contribution in [2.45, 2.75) is 6.92 Å². The van der Waals surface area contributed by atoms with Gasteiger partial charge in [-0.1, -0.05) is 6.07 Å². The van der Waals surface area contributed by atoms with Crippen molar-refractivity contribution >= 4 is 34.2 Å². The number of fused-ring (bicyclic) bond motifs is 1. The molecule has 1 aromatic carbocycles. The topological polar surface area (TPSA) is 82.8 Å². The van der Waals surface area contributed by atoms with Gasteiger partial charge in [-0.05, 0) is 30.5 Å². The van der Waals surface area contributed by atoms with Crippen molar-refractivity contribution in [2.75, 3.05) is 6.61 Å². The maximum absolute atomic E-state index is 12.1. The van der Waals surface area contributed by atoms with Crippen molar-refractivity contribution < 1.29 is 23.5 Å². The van der Waals surface area contributed by atoms with Gasteiger partial charge in [-0.3, -0.25) is 4.79 Å². The number of hydrogen-bond acceptors (Lipinski definition) is 7. The van der Waals surface area contributed by atoms with Gasteiger partial charge in [0, 0.05) is 12.1 Å². The van der Waals surface area contributed by atoms with Crippen molar-refractivity contribution in [3.05, 3.63) is 62.6 Å². The summed E-state index contributed by atoms with van der Waals surface area (Å²) in [5.41, 5.74) is -0.238. The predicted octanol–water partition coefficient (Wildman–Crippen LogP) is 3.25. The van der Waals surface area contributed by atoms with E-state index in [2.05, 4.69) is 0 Å². The van der Waals surface area contributed by atoms with Crippen LogP contribution in [0.1, 0.15) is 27.2 Å². The molecule has 0 fully saturated rings. The Morgan fingerprint density at radius 1 is 1.17 bits per heavy atom. The summed E-state index contributed by atoms with van der Waals surface area (Å²) in [5.74, 6) is -1.22. The van der Waals surface area contributed by atoms with Gasteiger partial charge in [0.15, 0.2) is 5.43 Å². The zero-order valence-electron chi connectivity index (χ0n) is 12.6. The van der Waals surface area contributed by atoms with E-state index in [-0.39, 0.29) is 34.5 Å². The molecule has 0 aliphatic carbocycles. The van der Waals surface area contributed by atoms with Crippen molar-refractivity contribution in [3.63, 3.8) is 0 Å². The van der Waals surface area contributed by atoms with Crippen molar-refractivity contribution in [1.29, 1.82) is 0 Å². The van der Waals surface area contributed by atoms with Crippen molar-refractivity contribution in [3.8, 4) is 5.75 Å². The summed E-state index contributed by atoms with van der Waals surface area (Å²) >= 11 is 1.26. The molecule has 0 radical (unpaired) electrons. The molecule has 0 saturated heterocycles. The summed E-state index contributed by atoms with van der Waals surface area (Å²) in [7, 11) is 0. The molecule has 122 valence electrons. The van der Waals surface area contributed by atoms with Crippen LogP contribution in [0.2, 0.25) is 0 Å². The maximum Gasteiger partial charge on any atom is 0.374 e. The molecule has 0 N–H and O–H groups in total. The lowest BCUT2D eigenvalue weighted by Crippen LogP contribution is -2.10. The number of carbonyl (C=O) groups is 2. The molecule has 0 aliphatic heterocycles. The van der Waals surface area contributed by atoms with E-state index in [4.69, 9.17) is 13.9 Å². The molecule has 0 saturated carbocycles. The van der Waals surface area contributed by atoms with Crippen LogP contribution in [0.5, 0.6) is 5.75 Å². The van der Waals surface area contributed by atoms with E-state index >= 15 is 0 Å². The van der Waals surface area contributed by atoms with Crippen LogP contribution in [0.4, 0.5) is 0 Å². The zero-order chi connectivity index (χ0) is 17.1. The fourth-order valence-corrected chi connectivity index (χ4v) is 2.65. The fraction of sp³-hybridized carbons (Fsp3) is 0.118. The molecule has 0 unspecified atom stereocenters. The number of carbonyl (C=O) groups excluding carboxylic acids is 2. The highest BCUT2D eigenvalue weighted by atomic mass is 32.1. The second-order valence-electron chi connectivity index (χ2n) is 4.72. The molecule has 2 aromatic heterocycles. The van der Waals surface area contributed by atoms with E-state index in [9.17, 15) is 14.4 Å². The van der Waals surface area contributed by atoms with Gasteiger partial charge >= 0.3 is 11.9 Å². The zero-order valence-corrected chi connectivity index (χ0v) is 13.4. The van der Waals surface area contributed by atoms with Crippen molar-refractivity contribution in [2.24, 2.45) is 0 Å². The van der Waals surface area contributed by atoms with E-state index in [1.54, 1.807) is 24.4 Å². The Bertz CT molecular complexity index is 955. The Morgan fingerprint density at radius 2 is 2.00 bits per heavy atom. The molecule has 2 heterocycles. The normalized spacial score (nSPS) is 10.5. The van der Waals surface area contributed by atoms with Gasteiger partial charge in [0.2, 0.25) is 5.76 Å². The fourth-order valence-electron chi connectivity index (χ4n) is 2.05. The van der Waals surface area contributed by atoms with Crippen LogP contribution >= 0.6 is 11.3 Å². The average molecular weight is 344 g/mol. The molecule has 0 spiro atoms. The first-order chi connectivity index (χ1) is 11.6. The Balaban J connectivity index is 1.95. The summed E-state index contributed by atoms with van der Waals surface area (Å²) in [5, 5.41) is 2.04. The van der Waals surface area contributed by atoms with E-state index in [1.807, 2.05) is 0 Å². The highest BCUT2D eigenvalue weighted by Crippen LogP contribution is 2.22. The van der Waals surface area contributed by atoms with Gasteiger partial charge in [0.05, 0.1) is 12.0 Å². The minimum absolute atomic E-state index is 0.141. The summed E-state index contributed by atoms with van der Waals surface area (Å²) in [6, 6.07) is 8.84. The van der Waals surface area contributed by atoms with Gasteiger partial charge in [0.25, 0.3) is 0 Å². The lowest BCUT2D eigenvalue weighted by atomic mass is 10.2. The van der Waals surface area contributed by atoms with E-state index in [0.29, 0.717) is 4.88 Å². The molecule has 3 rings (SSSR count). The number of benzene rings is 1. The summed E-state index contributed by atoms with van der Waals surface area (Å²) in [4.78, 5) is 36.2. The van der Waals surface area contributed by atoms with E-state index < -0.39 is 11.9 Å². The number of thiophene rings is 1. The minimum Gasteiger partial charge on any atom is -0.460 e. The second-order valence-corrected chi connectivity index (χ2v) is 5.67. The molecule has 3 aromatic rings. The predicted molar refractivity (Wildman–Crippen MR) is 87.7 cm³/mol. The third-order valence-corrected chi connectivity index (χ3v) is 3.96. The molecule has 7 heteroatoms. The maximum atomic E-state index is 12.1. The molecule has 0 aliphatic rings. The van der Waals surface area contributed by atoms with Crippen LogP contribution in [0, 0.1) is 0 Å². The first-order valence-electron chi connectivity index (χ1n) is 7.09. The van der Waals surface area contributed by atoms with Crippen LogP contribution < -0.4 is 10.2 Å². The van der Waals surface area contributed by atoms with Crippen LogP contribution in [-0.4, -0.2) is 18.5 Å². The summed E-state index contributed by atoms with van der Waals surface area (Å²) < 4.78 is 15.5. The molecule has 24 heavy (non-hydrogen) atoms. The van der Waals surface area contributed by atoms with Gasteiger partial charge < -0.3 is 13.9 Å². The molecule has 0 amide bonds. The van der Waals surface area contributed by atoms with Crippen molar-refractivity contribution in [1.82, 2.24) is 0 Å². The first-order valence-corrected chi connectivity index (χ1v) is 7.97. The Kier molecular flexibility index (Phi) is 4.43. The first kappa shape index (κ1) is 15.9. The highest BCUT2D eigenvalue weighted by molar-refractivity contribution is 7.12. The molecular formula is C17H12O6S.